The number of nitriles is 1. The number of aliphatic hydroxyl groups excluding tert-OH is 1. The molecule has 1 amide bonds. The lowest BCUT2D eigenvalue weighted by atomic mass is 10.0. The predicted molar refractivity (Wildman–Crippen MR) is 152 cm³/mol. The van der Waals surface area contributed by atoms with Crippen molar-refractivity contribution in [2.75, 3.05) is 54.4 Å². The van der Waals surface area contributed by atoms with E-state index in [1.165, 1.54) is 0 Å². The van der Waals surface area contributed by atoms with E-state index in [4.69, 9.17) is 0 Å². The molecule has 7 nitrogen and oxygen atoms in total. The predicted octanol–water partition coefficient (Wildman–Crippen LogP) is 4.27. The number of hydrogen-bond donors (Lipinski definition) is 2. The van der Waals surface area contributed by atoms with E-state index in [0.29, 0.717) is 36.8 Å². The molecule has 38 heavy (non-hydrogen) atoms. The third-order valence-corrected chi connectivity index (χ3v) is 7.77. The van der Waals surface area contributed by atoms with Crippen molar-refractivity contribution in [3.8, 4) is 6.07 Å². The molecule has 0 unspecified atom stereocenters. The molecule has 0 spiro atoms. The van der Waals surface area contributed by atoms with Gasteiger partial charge < -0.3 is 25.1 Å². The second-order valence-corrected chi connectivity index (χ2v) is 10.2. The Morgan fingerprint density at radius 2 is 1.74 bits per heavy atom. The number of nitrogens with one attached hydrogen (secondary N) is 1. The molecule has 3 aromatic carbocycles. The van der Waals surface area contributed by atoms with Crippen LogP contribution in [0.2, 0.25) is 0 Å². The van der Waals surface area contributed by atoms with Crippen molar-refractivity contribution in [3.05, 3.63) is 89.5 Å². The zero-order chi connectivity index (χ0) is 26.5. The molecule has 1 atom stereocenters. The van der Waals surface area contributed by atoms with E-state index in [1.807, 2.05) is 84.6 Å². The molecule has 196 valence electrons. The van der Waals surface area contributed by atoms with Crippen LogP contribution in [-0.4, -0.2) is 67.3 Å². The number of para-hydroxylation sites is 2. The van der Waals surface area contributed by atoms with Crippen LogP contribution in [0.5, 0.6) is 0 Å². The molecule has 2 fully saturated rings. The first-order chi connectivity index (χ1) is 18.6. The molecule has 0 saturated carbocycles. The topological polar surface area (TPSA) is 82.8 Å². The van der Waals surface area contributed by atoms with Crippen molar-refractivity contribution < 1.29 is 9.90 Å². The molecule has 2 N–H and O–H groups in total. The van der Waals surface area contributed by atoms with E-state index < -0.39 is 0 Å². The van der Waals surface area contributed by atoms with Crippen LogP contribution < -0.4 is 15.1 Å². The van der Waals surface area contributed by atoms with Gasteiger partial charge in [0.05, 0.1) is 23.9 Å². The third kappa shape index (κ3) is 5.46. The third-order valence-electron chi connectivity index (χ3n) is 7.77. The second-order valence-electron chi connectivity index (χ2n) is 10.2. The summed E-state index contributed by atoms with van der Waals surface area (Å²) in [6.45, 7) is 5.52. The maximum atomic E-state index is 13.6. The van der Waals surface area contributed by atoms with Crippen molar-refractivity contribution in [2.45, 2.75) is 31.8 Å². The standard InChI is InChI=1S/C31H35N5O2/c1-23-11-12-26(33-25-13-15-34(16-14-25)30-10-6-5-7-24(30)20-32)19-29(23)31(38)35-17-18-36(28(21-35)22-37)27-8-3-2-4-9-27/h2-12,19,25,28,33,37H,13-18,21-22H2,1H3/t28-/m0/s1. The second kappa shape index (κ2) is 11.6. The number of benzene rings is 3. The Bertz CT molecular complexity index is 1300. The average molecular weight is 510 g/mol. The van der Waals surface area contributed by atoms with Gasteiger partial charge in [-0.15, -0.1) is 0 Å². The lowest BCUT2D eigenvalue weighted by Crippen LogP contribution is -2.56. The summed E-state index contributed by atoms with van der Waals surface area (Å²) >= 11 is 0. The minimum absolute atomic E-state index is 0.00318. The summed E-state index contributed by atoms with van der Waals surface area (Å²) in [6, 6.07) is 26.4. The minimum atomic E-state index is -0.131. The van der Waals surface area contributed by atoms with Crippen molar-refractivity contribution in [1.82, 2.24) is 4.90 Å². The number of carbonyl (C=O) groups excluding carboxylic acids is 1. The monoisotopic (exact) mass is 509 g/mol. The van der Waals surface area contributed by atoms with E-state index in [0.717, 1.165) is 48.6 Å². The van der Waals surface area contributed by atoms with Gasteiger partial charge >= 0.3 is 0 Å². The van der Waals surface area contributed by atoms with Crippen molar-refractivity contribution in [3.63, 3.8) is 0 Å². The quantitative estimate of drug-likeness (QED) is 0.517. The van der Waals surface area contributed by atoms with Crippen LogP contribution in [-0.2, 0) is 0 Å². The number of nitrogens with zero attached hydrogens (tertiary/aromatic N) is 4. The maximum Gasteiger partial charge on any atom is 0.254 e. The first-order valence-electron chi connectivity index (χ1n) is 13.4. The van der Waals surface area contributed by atoms with E-state index in [-0.39, 0.29) is 18.6 Å². The summed E-state index contributed by atoms with van der Waals surface area (Å²) in [5.74, 6) is 0.0141. The molecular formula is C31H35N5O2. The van der Waals surface area contributed by atoms with Crippen molar-refractivity contribution >= 4 is 23.0 Å². The molecule has 7 heteroatoms. The summed E-state index contributed by atoms with van der Waals surface area (Å²) < 4.78 is 0. The maximum absolute atomic E-state index is 13.6. The van der Waals surface area contributed by atoms with Gasteiger partial charge in [0.25, 0.3) is 5.91 Å². The van der Waals surface area contributed by atoms with Crippen LogP contribution in [0.4, 0.5) is 17.1 Å². The first kappa shape index (κ1) is 25.6. The van der Waals surface area contributed by atoms with E-state index in [2.05, 4.69) is 21.2 Å². The number of aliphatic hydroxyl groups is 1. The summed E-state index contributed by atoms with van der Waals surface area (Å²) in [7, 11) is 0. The molecule has 2 saturated heterocycles. The zero-order valence-electron chi connectivity index (χ0n) is 21.9. The van der Waals surface area contributed by atoms with Gasteiger partial charge in [0, 0.05) is 55.7 Å². The Kier molecular flexibility index (Phi) is 7.81. The fourth-order valence-electron chi connectivity index (χ4n) is 5.61. The summed E-state index contributed by atoms with van der Waals surface area (Å²) in [6.07, 6.45) is 1.91. The van der Waals surface area contributed by atoms with Crippen LogP contribution >= 0.6 is 0 Å². The van der Waals surface area contributed by atoms with Crippen molar-refractivity contribution in [1.29, 1.82) is 5.26 Å². The molecule has 0 aliphatic carbocycles. The fraction of sp³-hybridized carbons (Fsp3) is 0.355. The molecular weight excluding hydrogens is 474 g/mol. The number of aryl methyl sites for hydroxylation is 1. The van der Waals surface area contributed by atoms with Gasteiger partial charge in [0.2, 0.25) is 0 Å². The number of amides is 1. The molecule has 2 aliphatic rings. The first-order valence-corrected chi connectivity index (χ1v) is 13.4. The van der Waals surface area contributed by atoms with Gasteiger partial charge in [-0.3, -0.25) is 4.79 Å². The van der Waals surface area contributed by atoms with E-state index >= 15 is 0 Å². The molecule has 3 aromatic rings. The Hall–Kier alpha value is -4.02. The molecule has 5 rings (SSSR count). The number of hydrogen-bond acceptors (Lipinski definition) is 6. The normalized spacial score (nSPS) is 18.2. The van der Waals surface area contributed by atoms with Gasteiger partial charge in [-0.2, -0.15) is 5.26 Å². The number of rotatable bonds is 6. The van der Waals surface area contributed by atoms with Crippen LogP contribution in [0.15, 0.2) is 72.8 Å². The molecule has 2 aliphatic heterocycles. The molecule has 0 aromatic heterocycles. The summed E-state index contributed by atoms with van der Waals surface area (Å²) in [5.41, 5.74) is 5.41. The number of piperazine rings is 1. The highest BCUT2D eigenvalue weighted by molar-refractivity contribution is 5.96. The highest BCUT2D eigenvalue weighted by atomic mass is 16.3. The largest absolute Gasteiger partial charge is 0.394 e. The van der Waals surface area contributed by atoms with Gasteiger partial charge in [-0.1, -0.05) is 36.4 Å². The van der Waals surface area contributed by atoms with Crippen LogP contribution in [0, 0.1) is 18.3 Å². The Morgan fingerprint density at radius 3 is 2.47 bits per heavy atom. The van der Waals surface area contributed by atoms with E-state index in [1.54, 1.807) is 0 Å². The van der Waals surface area contributed by atoms with Gasteiger partial charge in [0.15, 0.2) is 0 Å². The van der Waals surface area contributed by atoms with Gasteiger partial charge in [-0.25, -0.2) is 0 Å². The fourth-order valence-corrected chi connectivity index (χ4v) is 5.61. The van der Waals surface area contributed by atoms with Crippen LogP contribution in [0.25, 0.3) is 0 Å². The summed E-state index contributed by atoms with van der Waals surface area (Å²) in [5, 5.41) is 23.2. The number of carbonyl (C=O) groups is 1. The van der Waals surface area contributed by atoms with Crippen LogP contribution in [0.1, 0.15) is 34.3 Å². The SMILES string of the molecule is Cc1ccc(NC2CCN(c3ccccc3C#N)CC2)cc1C(=O)N1CCN(c2ccccc2)[C@H](CO)C1. The smallest absolute Gasteiger partial charge is 0.254 e. The minimum Gasteiger partial charge on any atom is -0.394 e. The number of piperidine rings is 1. The Balaban J connectivity index is 1.22. The van der Waals surface area contributed by atoms with Crippen molar-refractivity contribution in [2.24, 2.45) is 0 Å². The van der Waals surface area contributed by atoms with Crippen LogP contribution in [0.3, 0.4) is 0 Å². The summed E-state index contributed by atoms with van der Waals surface area (Å²) in [4.78, 5) is 19.9. The highest BCUT2D eigenvalue weighted by Crippen LogP contribution is 2.27. The zero-order valence-corrected chi connectivity index (χ0v) is 21.9. The molecule has 2 heterocycles. The molecule has 0 radical (unpaired) electrons. The Morgan fingerprint density at radius 1 is 1.00 bits per heavy atom. The average Bonchev–Trinajstić information content (AvgIpc) is 2.98. The molecule has 0 bridgehead atoms. The van der Waals surface area contributed by atoms with Gasteiger partial charge in [0.1, 0.15) is 6.07 Å². The lowest BCUT2D eigenvalue weighted by Gasteiger charge is -2.42. The lowest BCUT2D eigenvalue weighted by molar-refractivity contribution is 0.0698. The highest BCUT2D eigenvalue weighted by Gasteiger charge is 2.30. The number of anilines is 3. The van der Waals surface area contributed by atoms with Gasteiger partial charge in [-0.05, 0) is 61.7 Å². The Labute approximate surface area is 224 Å². The van der Waals surface area contributed by atoms with E-state index in [9.17, 15) is 15.2 Å².